The van der Waals surface area contributed by atoms with Gasteiger partial charge >= 0.3 is 5.97 Å². The van der Waals surface area contributed by atoms with Crippen molar-refractivity contribution in [3.63, 3.8) is 0 Å². The Morgan fingerprint density at radius 1 is 1.14 bits per heavy atom. The highest BCUT2D eigenvalue weighted by Crippen LogP contribution is 2.33. The van der Waals surface area contributed by atoms with Crippen molar-refractivity contribution in [2.24, 2.45) is 5.10 Å². The predicted octanol–water partition coefficient (Wildman–Crippen LogP) is 4.88. The number of nitrogens with one attached hydrogen (secondary N) is 1. The van der Waals surface area contributed by atoms with Crippen molar-refractivity contribution >= 4 is 52.7 Å². The lowest BCUT2D eigenvalue weighted by Crippen LogP contribution is -2.00. The standard InChI is InChI=1S/C15H11Cl3N2O2/c1-22-15(21)10-4-2-9(3-5-10)8-19-20-14-12(17)6-11(16)7-13(14)18/h2-8,20H,1H3/b19-8+. The van der Waals surface area contributed by atoms with Gasteiger partial charge < -0.3 is 4.74 Å². The Morgan fingerprint density at radius 2 is 1.73 bits per heavy atom. The van der Waals surface area contributed by atoms with E-state index in [-0.39, 0.29) is 5.97 Å². The van der Waals surface area contributed by atoms with Gasteiger partial charge in [-0.3, -0.25) is 5.43 Å². The molecule has 0 bridgehead atoms. The summed E-state index contributed by atoms with van der Waals surface area (Å²) >= 11 is 17.9. The summed E-state index contributed by atoms with van der Waals surface area (Å²) < 4.78 is 4.63. The molecule has 0 saturated carbocycles. The zero-order valence-electron chi connectivity index (χ0n) is 11.4. The maximum Gasteiger partial charge on any atom is 0.337 e. The van der Waals surface area contributed by atoms with E-state index in [4.69, 9.17) is 34.8 Å². The molecule has 1 N–H and O–H groups in total. The molecule has 0 heterocycles. The number of halogens is 3. The molecule has 0 atom stereocenters. The van der Waals surface area contributed by atoms with Crippen LogP contribution in [-0.4, -0.2) is 19.3 Å². The van der Waals surface area contributed by atoms with Gasteiger partial charge in [-0.15, -0.1) is 0 Å². The van der Waals surface area contributed by atoms with Crippen molar-refractivity contribution in [2.75, 3.05) is 12.5 Å². The zero-order valence-corrected chi connectivity index (χ0v) is 13.7. The first-order valence-corrected chi connectivity index (χ1v) is 7.26. The fourth-order valence-electron chi connectivity index (χ4n) is 1.64. The Balaban J connectivity index is 2.08. The maximum atomic E-state index is 11.3. The van der Waals surface area contributed by atoms with Crippen molar-refractivity contribution in [1.82, 2.24) is 0 Å². The van der Waals surface area contributed by atoms with Gasteiger partial charge in [0, 0.05) is 5.02 Å². The number of hydrazone groups is 1. The van der Waals surface area contributed by atoms with Crippen LogP contribution < -0.4 is 5.43 Å². The summed E-state index contributed by atoms with van der Waals surface area (Å²) in [6.07, 6.45) is 1.57. The zero-order chi connectivity index (χ0) is 16.1. The SMILES string of the molecule is COC(=O)c1ccc(/C=N/Nc2c(Cl)cc(Cl)cc2Cl)cc1. The lowest BCUT2D eigenvalue weighted by atomic mass is 10.1. The van der Waals surface area contributed by atoms with Crippen LogP contribution in [0.25, 0.3) is 0 Å². The summed E-state index contributed by atoms with van der Waals surface area (Å²) in [7, 11) is 1.33. The van der Waals surface area contributed by atoms with E-state index in [2.05, 4.69) is 15.3 Å². The molecule has 0 aromatic heterocycles. The van der Waals surface area contributed by atoms with E-state index in [0.717, 1.165) is 5.56 Å². The third-order valence-electron chi connectivity index (χ3n) is 2.73. The Hall–Kier alpha value is -1.75. The molecule has 114 valence electrons. The van der Waals surface area contributed by atoms with Gasteiger partial charge in [0.15, 0.2) is 0 Å². The summed E-state index contributed by atoms with van der Waals surface area (Å²) in [5, 5.41) is 5.24. The number of benzene rings is 2. The Labute approximate surface area is 142 Å². The monoisotopic (exact) mass is 356 g/mol. The fraction of sp³-hybridized carbons (Fsp3) is 0.0667. The summed E-state index contributed by atoms with van der Waals surface area (Å²) in [6, 6.07) is 9.91. The summed E-state index contributed by atoms with van der Waals surface area (Å²) in [4.78, 5) is 11.3. The fourth-order valence-corrected chi connectivity index (χ4v) is 2.54. The molecule has 0 aliphatic heterocycles. The van der Waals surface area contributed by atoms with Crippen LogP contribution in [0.2, 0.25) is 15.1 Å². The second-order valence-electron chi connectivity index (χ2n) is 4.23. The average molecular weight is 358 g/mol. The van der Waals surface area contributed by atoms with Crippen LogP contribution in [0, 0.1) is 0 Å². The predicted molar refractivity (Wildman–Crippen MR) is 90.5 cm³/mol. The van der Waals surface area contributed by atoms with Crippen molar-refractivity contribution in [3.8, 4) is 0 Å². The largest absolute Gasteiger partial charge is 0.465 e. The van der Waals surface area contributed by atoms with Crippen molar-refractivity contribution < 1.29 is 9.53 Å². The molecular weight excluding hydrogens is 347 g/mol. The summed E-state index contributed by atoms with van der Waals surface area (Å²) in [6.45, 7) is 0. The van der Waals surface area contributed by atoms with Gasteiger partial charge in [-0.2, -0.15) is 5.10 Å². The van der Waals surface area contributed by atoms with Crippen LogP contribution in [-0.2, 0) is 4.74 Å². The molecule has 7 heteroatoms. The second-order valence-corrected chi connectivity index (χ2v) is 5.48. The second kappa shape index (κ2) is 7.49. The van der Waals surface area contributed by atoms with Crippen molar-refractivity contribution in [3.05, 3.63) is 62.6 Å². The Bertz CT molecular complexity index is 692. The third kappa shape index (κ3) is 4.13. The average Bonchev–Trinajstić information content (AvgIpc) is 2.49. The Morgan fingerprint density at radius 3 is 2.27 bits per heavy atom. The minimum Gasteiger partial charge on any atom is -0.465 e. The topological polar surface area (TPSA) is 50.7 Å². The summed E-state index contributed by atoms with van der Waals surface area (Å²) in [5.74, 6) is -0.388. The maximum absolute atomic E-state index is 11.3. The number of carbonyl (C=O) groups excluding carboxylic acids is 1. The molecular formula is C15H11Cl3N2O2. The van der Waals surface area contributed by atoms with Gasteiger partial charge in [0.1, 0.15) is 0 Å². The number of methoxy groups -OCH3 is 1. The van der Waals surface area contributed by atoms with E-state index in [1.165, 1.54) is 7.11 Å². The van der Waals surface area contributed by atoms with Gasteiger partial charge in [0.2, 0.25) is 0 Å². The van der Waals surface area contributed by atoms with Gasteiger partial charge in [-0.25, -0.2) is 4.79 Å². The van der Waals surface area contributed by atoms with Crippen molar-refractivity contribution in [1.29, 1.82) is 0 Å². The van der Waals surface area contributed by atoms with Crippen LogP contribution >= 0.6 is 34.8 Å². The van der Waals surface area contributed by atoms with E-state index in [0.29, 0.717) is 26.3 Å². The number of nitrogens with zero attached hydrogens (tertiary/aromatic N) is 1. The van der Waals surface area contributed by atoms with Crippen LogP contribution in [0.1, 0.15) is 15.9 Å². The molecule has 0 aliphatic rings. The molecule has 4 nitrogen and oxygen atoms in total. The minimum absolute atomic E-state index is 0.371. The molecule has 22 heavy (non-hydrogen) atoms. The third-order valence-corrected chi connectivity index (χ3v) is 3.54. The first kappa shape index (κ1) is 16.6. The molecule has 2 aromatic rings. The van der Waals surface area contributed by atoms with Crippen LogP contribution in [0.3, 0.4) is 0 Å². The van der Waals surface area contributed by atoms with E-state index < -0.39 is 0 Å². The quantitative estimate of drug-likeness (QED) is 0.482. The molecule has 0 saturated heterocycles. The molecule has 0 amide bonds. The van der Waals surface area contributed by atoms with E-state index >= 15 is 0 Å². The number of esters is 1. The molecule has 0 aliphatic carbocycles. The van der Waals surface area contributed by atoms with E-state index in [1.807, 2.05) is 0 Å². The lowest BCUT2D eigenvalue weighted by molar-refractivity contribution is 0.0601. The van der Waals surface area contributed by atoms with Crippen LogP contribution in [0.5, 0.6) is 0 Å². The molecule has 0 radical (unpaired) electrons. The highest BCUT2D eigenvalue weighted by Gasteiger charge is 2.06. The number of anilines is 1. The minimum atomic E-state index is -0.388. The van der Waals surface area contributed by atoms with Gasteiger partial charge in [-0.1, -0.05) is 46.9 Å². The number of ether oxygens (including phenoxy) is 1. The highest BCUT2D eigenvalue weighted by atomic mass is 35.5. The number of hydrogen-bond donors (Lipinski definition) is 1. The number of carbonyl (C=O) groups is 1. The highest BCUT2D eigenvalue weighted by molar-refractivity contribution is 6.41. The smallest absolute Gasteiger partial charge is 0.337 e. The Kier molecular flexibility index (Phi) is 5.66. The van der Waals surface area contributed by atoms with Crippen LogP contribution in [0.4, 0.5) is 5.69 Å². The summed E-state index contributed by atoms with van der Waals surface area (Å²) in [5.41, 5.74) is 4.49. The molecule has 0 fully saturated rings. The normalized spacial score (nSPS) is 10.7. The van der Waals surface area contributed by atoms with Gasteiger partial charge in [0.05, 0.1) is 34.6 Å². The van der Waals surface area contributed by atoms with Crippen molar-refractivity contribution in [2.45, 2.75) is 0 Å². The number of rotatable bonds is 4. The molecule has 0 unspecified atom stereocenters. The van der Waals surface area contributed by atoms with E-state index in [9.17, 15) is 4.79 Å². The molecule has 2 aromatic carbocycles. The van der Waals surface area contributed by atoms with Crippen LogP contribution in [0.15, 0.2) is 41.5 Å². The van der Waals surface area contributed by atoms with Gasteiger partial charge in [-0.05, 0) is 29.8 Å². The first-order valence-electron chi connectivity index (χ1n) is 6.13. The molecule has 2 rings (SSSR count). The van der Waals surface area contributed by atoms with E-state index in [1.54, 1.807) is 42.6 Å². The lowest BCUT2D eigenvalue weighted by Gasteiger charge is -2.06. The first-order chi connectivity index (χ1) is 10.5. The van der Waals surface area contributed by atoms with Gasteiger partial charge in [0.25, 0.3) is 0 Å². The number of hydrogen-bond acceptors (Lipinski definition) is 4. The molecule has 0 spiro atoms.